The maximum atomic E-state index is 5.59. The number of benzene rings is 1. The summed E-state index contributed by atoms with van der Waals surface area (Å²) in [7, 11) is 1.95. The van der Waals surface area contributed by atoms with Crippen molar-refractivity contribution in [3.8, 4) is 11.5 Å². The Labute approximate surface area is 171 Å². The van der Waals surface area contributed by atoms with Crippen LogP contribution in [-0.2, 0) is 20.1 Å². The first-order valence-corrected chi connectivity index (χ1v) is 10.6. The van der Waals surface area contributed by atoms with E-state index in [4.69, 9.17) is 14.5 Å². The van der Waals surface area contributed by atoms with E-state index in [2.05, 4.69) is 35.1 Å². The van der Waals surface area contributed by atoms with Crippen molar-refractivity contribution in [3.63, 3.8) is 0 Å². The van der Waals surface area contributed by atoms with Crippen molar-refractivity contribution in [2.75, 3.05) is 6.79 Å². The van der Waals surface area contributed by atoms with Gasteiger partial charge in [-0.3, -0.25) is 9.58 Å². The largest absolute Gasteiger partial charge is 0.454 e. The molecular weight excluding hydrogens is 364 g/mol. The number of hydrogen-bond acceptors (Lipinski definition) is 5. The van der Waals surface area contributed by atoms with Crippen LogP contribution in [0.15, 0.2) is 30.5 Å². The zero-order valence-electron chi connectivity index (χ0n) is 17.2. The first kappa shape index (κ1) is 18.4. The first-order chi connectivity index (χ1) is 14.2. The minimum absolute atomic E-state index is 0.321. The van der Waals surface area contributed by atoms with Crippen molar-refractivity contribution in [1.82, 2.24) is 19.7 Å². The van der Waals surface area contributed by atoms with Gasteiger partial charge in [0.2, 0.25) is 6.79 Å². The molecule has 0 radical (unpaired) electrons. The molecule has 5 rings (SSSR count). The highest BCUT2D eigenvalue weighted by Gasteiger charge is 2.23. The Bertz CT molecular complexity index is 1020. The van der Waals surface area contributed by atoms with Crippen LogP contribution in [0, 0.1) is 6.92 Å². The number of ether oxygens (including phenoxy) is 2. The van der Waals surface area contributed by atoms with Crippen LogP contribution in [0.2, 0.25) is 0 Å². The van der Waals surface area contributed by atoms with E-state index in [0.717, 1.165) is 41.3 Å². The Kier molecular flexibility index (Phi) is 4.87. The van der Waals surface area contributed by atoms with Crippen LogP contribution >= 0.6 is 0 Å². The van der Waals surface area contributed by atoms with E-state index >= 15 is 0 Å². The summed E-state index contributed by atoms with van der Waals surface area (Å²) < 4.78 is 12.9. The van der Waals surface area contributed by atoms with E-state index in [0.29, 0.717) is 12.8 Å². The van der Waals surface area contributed by atoms with Gasteiger partial charge >= 0.3 is 0 Å². The average molecular weight is 393 g/mol. The predicted molar refractivity (Wildman–Crippen MR) is 112 cm³/mol. The second kappa shape index (κ2) is 7.67. The summed E-state index contributed by atoms with van der Waals surface area (Å²) in [6.07, 6.45) is 8.55. The molecule has 1 fully saturated rings. The summed E-state index contributed by atoms with van der Waals surface area (Å²) in [5.74, 6) is 1.71. The van der Waals surface area contributed by atoms with E-state index < -0.39 is 0 Å². The number of pyridine rings is 1. The fraction of sp³-hybridized carbons (Fsp3) is 0.478. The summed E-state index contributed by atoms with van der Waals surface area (Å²) >= 11 is 0. The smallest absolute Gasteiger partial charge is 0.231 e. The van der Waals surface area contributed by atoms with Gasteiger partial charge in [-0.15, -0.1) is 0 Å². The lowest BCUT2D eigenvalue weighted by molar-refractivity contribution is 0.139. The van der Waals surface area contributed by atoms with Crippen LogP contribution in [0.1, 0.15) is 48.9 Å². The molecule has 1 saturated carbocycles. The SMILES string of the molecule is Cc1nn(C)c2ncc(CN(Cc3ccc4c(c3)OCO4)C3CCCCC3)cc12. The molecule has 0 bridgehead atoms. The second-order valence-corrected chi connectivity index (χ2v) is 8.31. The lowest BCUT2D eigenvalue weighted by Crippen LogP contribution is -2.35. The Balaban J connectivity index is 1.42. The van der Waals surface area contributed by atoms with Crippen LogP contribution in [0.25, 0.3) is 11.0 Å². The van der Waals surface area contributed by atoms with Gasteiger partial charge in [-0.05, 0) is 49.1 Å². The molecule has 1 aliphatic carbocycles. The molecule has 6 heteroatoms. The number of hydrogen-bond donors (Lipinski definition) is 0. The minimum Gasteiger partial charge on any atom is -0.454 e. The summed E-state index contributed by atoms with van der Waals surface area (Å²) in [4.78, 5) is 7.31. The molecule has 3 heterocycles. The summed E-state index contributed by atoms with van der Waals surface area (Å²) in [6.45, 7) is 4.18. The van der Waals surface area contributed by atoms with Crippen LogP contribution < -0.4 is 9.47 Å². The van der Waals surface area contributed by atoms with Gasteiger partial charge in [0.25, 0.3) is 0 Å². The number of aryl methyl sites for hydroxylation is 2. The molecule has 2 aliphatic rings. The number of aromatic nitrogens is 3. The zero-order valence-corrected chi connectivity index (χ0v) is 17.2. The van der Waals surface area contributed by atoms with Crippen LogP contribution in [0.4, 0.5) is 0 Å². The Hall–Kier alpha value is -2.60. The van der Waals surface area contributed by atoms with Crippen molar-refractivity contribution < 1.29 is 9.47 Å². The molecule has 6 nitrogen and oxygen atoms in total. The fourth-order valence-corrected chi connectivity index (χ4v) is 4.71. The highest BCUT2D eigenvalue weighted by molar-refractivity contribution is 5.78. The molecule has 29 heavy (non-hydrogen) atoms. The van der Waals surface area contributed by atoms with Gasteiger partial charge in [-0.1, -0.05) is 25.3 Å². The lowest BCUT2D eigenvalue weighted by Gasteiger charge is -2.34. The Morgan fingerprint density at radius 1 is 1.03 bits per heavy atom. The molecule has 1 aromatic carbocycles. The number of rotatable bonds is 5. The highest BCUT2D eigenvalue weighted by Crippen LogP contribution is 2.34. The lowest BCUT2D eigenvalue weighted by atomic mass is 9.93. The standard InChI is InChI=1S/C23H28N4O2/c1-16-20-10-18(12-24-23(20)26(2)25-16)14-27(19-6-4-3-5-7-19)13-17-8-9-21-22(11-17)29-15-28-21/h8-12,19H,3-7,13-15H2,1-2H3. The van der Waals surface area contributed by atoms with Gasteiger partial charge in [-0.2, -0.15) is 5.10 Å². The summed E-state index contributed by atoms with van der Waals surface area (Å²) in [5.41, 5.74) is 4.51. The van der Waals surface area contributed by atoms with Crippen LogP contribution in [0.3, 0.4) is 0 Å². The summed E-state index contributed by atoms with van der Waals surface area (Å²) in [6, 6.07) is 9.20. The molecule has 0 spiro atoms. The fourth-order valence-electron chi connectivity index (χ4n) is 4.71. The molecule has 0 saturated heterocycles. The third-order valence-electron chi connectivity index (χ3n) is 6.22. The van der Waals surface area contributed by atoms with E-state index in [1.807, 2.05) is 24.0 Å². The minimum atomic E-state index is 0.321. The molecule has 0 N–H and O–H groups in total. The summed E-state index contributed by atoms with van der Waals surface area (Å²) in [5, 5.41) is 5.67. The van der Waals surface area contributed by atoms with Crippen molar-refractivity contribution in [3.05, 3.63) is 47.3 Å². The predicted octanol–water partition coefficient (Wildman–Crippen LogP) is 4.34. The first-order valence-electron chi connectivity index (χ1n) is 10.6. The number of nitrogens with zero attached hydrogens (tertiary/aromatic N) is 4. The molecule has 0 unspecified atom stereocenters. The number of fused-ring (bicyclic) bond motifs is 2. The average Bonchev–Trinajstić information content (AvgIpc) is 3.32. The molecule has 0 amide bonds. The van der Waals surface area contributed by atoms with Gasteiger partial charge in [0.1, 0.15) is 0 Å². The molecule has 0 atom stereocenters. The molecule has 1 aliphatic heterocycles. The second-order valence-electron chi connectivity index (χ2n) is 8.31. The topological polar surface area (TPSA) is 52.4 Å². The van der Waals surface area contributed by atoms with Gasteiger partial charge in [0.15, 0.2) is 17.1 Å². The normalized spacial score (nSPS) is 16.8. The maximum absolute atomic E-state index is 5.59. The molecule has 2 aromatic heterocycles. The highest BCUT2D eigenvalue weighted by atomic mass is 16.7. The van der Waals surface area contributed by atoms with Crippen molar-refractivity contribution >= 4 is 11.0 Å². The van der Waals surface area contributed by atoms with Crippen LogP contribution in [-0.4, -0.2) is 32.5 Å². The molecular formula is C23H28N4O2. The van der Waals surface area contributed by atoms with Gasteiger partial charge in [-0.25, -0.2) is 4.98 Å². The third-order valence-corrected chi connectivity index (χ3v) is 6.22. The van der Waals surface area contributed by atoms with E-state index in [9.17, 15) is 0 Å². The maximum Gasteiger partial charge on any atom is 0.231 e. The Morgan fingerprint density at radius 3 is 2.69 bits per heavy atom. The van der Waals surface area contributed by atoms with Crippen LogP contribution in [0.5, 0.6) is 11.5 Å². The molecule has 152 valence electrons. The van der Waals surface area contributed by atoms with Crippen molar-refractivity contribution in [2.45, 2.75) is 58.2 Å². The Morgan fingerprint density at radius 2 is 1.83 bits per heavy atom. The van der Waals surface area contributed by atoms with E-state index in [1.54, 1.807) is 0 Å². The van der Waals surface area contributed by atoms with E-state index in [-0.39, 0.29) is 0 Å². The zero-order chi connectivity index (χ0) is 19.8. The third kappa shape index (κ3) is 3.69. The monoisotopic (exact) mass is 392 g/mol. The quantitative estimate of drug-likeness (QED) is 0.646. The van der Waals surface area contributed by atoms with Crippen molar-refractivity contribution in [1.29, 1.82) is 0 Å². The van der Waals surface area contributed by atoms with Gasteiger partial charge < -0.3 is 9.47 Å². The van der Waals surface area contributed by atoms with Gasteiger partial charge in [0, 0.05) is 37.8 Å². The molecule has 3 aromatic rings. The van der Waals surface area contributed by atoms with Crippen molar-refractivity contribution in [2.24, 2.45) is 7.05 Å². The van der Waals surface area contributed by atoms with E-state index in [1.165, 1.54) is 43.2 Å². The van der Waals surface area contributed by atoms with Gasteiger partial charge in [0.05, 0.1) is 5.69 Å².